The molecule has 1 atom stereocenters. The monoisotopic (exact) mass is 279 g/mol. The van der Waals surface area contributed by atoms with E-state index in [9.17, 15) is 9.18 Å². The normalized spacial score (nSPS) is 13.2. The lowest BCUT2D eigenvalue weighted by Crippen LogP contribution is -2.29. The van der Waals surface area contributed by atoms with Crippen LogP contribution in [0.1, 0.15) is 43.1 Å². The third-order valence-electron chi connectivity index (χ3n) is 3.27. The summed E-state index contributed by atoms with van der Waals surface area (Å²) in [5, 5.41) is 1.49. The second kappa shape index (κ2) is 7.05. The molecule has 0 fully saturated rings. The zero-order valence-corrected chi connectivity index (χ0v) is 12.2. The van der Waals surface area contributed by atoms with Crippen LogP contribution in [0.4, 0.5) is 4.39 Å². The topological polar surface area (TPSA) is 72.4 Å². The van der Waals surface area contributed by atoms with Crippen LogP contribution in [0, 0.1) is 11.7 Å². The number of hydrazine groups is 1. The van der Waals surface area contributed by atoms with Crippen LogP contribution in [0.3, 0.4) is 0 Å². The van der Waals surface area contributed by atoms with Crippen molar-refractivity contribution in [1.82, 2.24) is 5.01 Å². The first-order valence-corrected chi connectivity index (χ1v) is 6.74. The zero-order chi connectivity index (χ0) is 15.3. The molecule has 0 aliphatic rings. The first kappa shape index (κ1) is 16.2. The van der Waals surface area contributed by atoms with Gasteiger partial charge in [-0.15, -0.1) is 0 Å². The molecule has 0 saturated heterocycles. The van der Waals surface area contributed by atoms with E-state index in [2.05, 4.69) is 6.92 Å². The lowest BCUT2D eigenvalue weighted by molar-refractivity contribution is 0.1000. The van der Waals surface area contributed by atoms with Gasteiger partial charge in [0.15, 0.2) is 0 Å². The Balaban J connectivity index is 3.28. The number of nitrogens with two attached hydrogens (primary N) is 2. The van der Waals surface area contributed by atoms with Gasteiger partial charge in [-0.05, 0) is 31.0 Å². The van der Waals surface area contributed by atoms with Crippen molar-refractivity contribution >= 4 is 11.6 Å². The van der Waals surface area contributed by atoms with Gasteiger partial charge < -0.3 is 10.7 Å². The van der Waals surface area contributed by atoms with Gasteiger partial charge in [-0.3, -0.25) is 4.79 Å². The third kappa shape index (κ3) is 3.81. The van der Waals surface area contributed by atoms with E-state index in [-0.39, 0.29) is 11.5 Å². The number of nitrogens with zero attached hydrogens (tertiary/aromatic N) is 1. The summed E-state index contributed by atoms with van der Waals surface area (Å²) in [6.45, 7) is 6.54. The van der Waals surface area contributed by atoms with E-state index in [0.717, 1.165) is 12.5 Å². The highest BCUT2D eigenvalue weighted by atomic mass is 19.1. The average Bonchev–Trinajstić information content (AvgIpc) is 2.43. The molecule has 0 bridgehead atoms. The number of rotatable bonds is 6. The van der Waals surface area contributed by atoms with Gasteiger partial charge in [0.05, 0.1) is 5.70 Å². The van der Waals surface area contributed by atoms with Gasteiger partial charge >= 0.3 is 0 Å². The fourth-order valence-corrected chi connectivity index (χ4v) is 1.77. The highest BCUT2D eigenvalue weighted by Crippen LogP contribution is 2.23. The standard InChI is InChI=1S/C15H22FN3O/c1-4-10(3)8-14(19(18)5-2)12-7-6-11(15(17)20)9-13(12)16/h6-10H,4-5,18H2,1-3H3,(H2,17,20)/b14-8-. The van der Waals surface area contributed by atoms with Crippen molar-refractivity contribution in [2.45, 2.75) is 27.2 Å². The van der Waals surface area contributed by atoms with Crippen LogP contribution in [0.5, 0.6) is 0 Å². The van der Waals surface area contributed by atoms with Crippen molar-refractivity contribution in [2.75, 3.05) is 6.54 Å². The number of hydrogen-bond donors (Lipinski definition) is 2. The predicted molar refractivity (Wildman–Crippen MR) is 78.9 cm³/mol. The number of carbonyl (C=O) groups excluding carboxylic acids is 1. The second-order valence-corrected chi connectivity index (χ2v) is 4.78. The van der Waals surface area contributed by atoms with E-state index >= 15 is 0 Å². The minimum atomic E-state index is -0.650. The number of benzene rings is 1. The van der Waals surface area contributed by atoms with Gasteiger partial charge in [0.1, 0.15) is 5.82 Å². The molecule has 1 rings (SSSR count). The molecule has 0 aromatic heterocycles. The summed E-state index contributed by atoms with van der Waals surface area (Å²) >= 11 is 0. The lowest BCUT2D eigenvalue weighted by Gasteiger charge is -2.22. The lowest BCUT2D eigenvalue weighted by atomic mass is 10.0. The molecular formula is C15H22FN3O. The Morgan fingerprint density at radius 1 is 1.45 bits per heavy atom. The fraction of sp³-hybridized carbons (Fsp3) is 0.400. The van der Waals surface area contributed by atoms with Gasteiger partial charge in [-0.2, -0.15) is 0 Å². The summed E-state index contributed by atoms with van der Waals surface area (Å²) < 4.78 is 14.2. The van der Waals surface area contributed by atoms with Gasteiger partial charge in [0.25, 0.3) is 0 Å². The molecule has 0 aliphatic carbocycles. The minimum absolute atomic E-state index is 0.147. The van der Waals surface area contributed by atoms with Crippen molar-refractivity contribution in [2.24, 2.45) is 17.5 Å². The number of hydrogen-bond acceptors (Lipinski definition) is 3. The Bertz CT molecular complexity index is 514. The van der Waals surface area contributed by atoms with Crippen molar-refractivity contribution in [3.05, 3.63) is 41.2 Å². The van der Waals surface area contributed by atoms with Crippen molar-refractivity contribution in [3.63, 3.8) is 0 Å². The van der Waals surface area contributed by atoms with E-state index < -0.39 is 11.7 Å². The summed E-state index contributed by atoms with van der Waals surface area (Å²) in [5.74, 6) is 5.05. The molecule has 0 heterocycles. The maximum atomic E-state index is 14.2. The Morgan fingerprint density at radius 3 is 2.55 bits per heavy atom. The Kier molecular flexibility index (Phi) is 5.70. The maximum absolute atomic E-state index is 14.2. The number of amides is 1. The van der Waals surface area contributed by atoms with Crippen molar-refractivity contribution in [3.8, 4) is 0 Å². The van der Waals surface area contributed by atoms with E-state index in [1.165, 1.54) is 11.1 Å². The summed E-state index contributed by atoms with van der Waals surface area (Å²) in [6, 6.07) is 4.19. The van der Waals surface area contributed by atoms with Gasteiger partial charge in [-0.1, -0.05) is 26.3 Å². The first-order valence-electron chi connectivity index (χ1n) is 6.74. The maximum Gasteiger partial charge on any atom is 0.248 e. The van der Waals surface area contributed by atoms with Crippen LogP contribution in [0.15, 0.2) is 24.3 Å². The van der Waals surface area contributed by atoms with E-state index in [4.69, 9.17) is 11.6 Å². The molecule has 0 radical (unpaired) electrons. The quantitative estimate of drug-likeness (QED) is 0.621. The summed E-state index contributed by atoms with van der Waals surface area (Å²) in [4.78, 5) is 11.1. The van der Waals surface area contributed by atoms with Crippen molar-refractivity contribution < 1.29 is 9.18 Å². The van der Waals surface area contributed by atoms with E-state index in [1.54, 1.807) is 6.07 Å². The average molecular weight is 279 g/mol. The fourth-order valence-electron chi connectivity index (χ4n) is 1.77. The molecular weight excluding hydrogens is 257 g/mol. The summed E-state index contributed by atoms with van der Waals surface area (Å²) in [7, 11) is 0. The number of primary amides is 1. The van der Waals surface area contributed by atoms with Crippen LogP contribution in [0.2, 0.25) is 0 Å². The third-order valence-corrected chi connectivity index (χ3v) is 3.27. The number of carbonyl (C=O) groups is 1. The molecule has 1 amide bonds. The molecule has 1 aromatic rings. The highest BCUT2D eigenvalue weighted by molar-refractivity contribution is 5.93. The van der Waals surface area contributed by atoms with Crippen LogP contribution < -0.4 is 11.6 Å². The molecule has 20 heavy (non-hydrogen) atoms. The molecule has 110 valence electrons. The molecule has 1 unspecified atom stereocenters. The number of allylic oxidation sites excluding steroid dienone is 1. The summed E-state index contributed by atoms with van der Waals surface area (Å²) in [6.07, 6.45) is 2.87. The second-order valence-electron chi connectivity index (χ2n) is 4.78. The molecule has 4 N–H and O–H groups in total. The van der Waals surface area contributed by atoms with Crippen molar-refractivity contribution in [1.29, 1.82) is 0 Å². The van der Waals surface area contributed by atoms with Crippen LogP contribution in [-0.2, 0) is 0 Å². The SMILES string of the molecule is CCC(C)/C=C(/c1ccc(C(N)=O)cc1F)N(N)CC. The van der Waals surface area contributed by atoms with Crippen LogP contribution in [-0.4, -0.2) is 17.5 Å². The molecule has 5 heteroatoms. The molecule has 0 aliphatic heterocycles. The molecule has 0 saturated carbocycles. The first-order chi connectivity index (χ1) is 9.40. The zero-order valence-electron chi connectivity index (χ0n) is 12.2. The minimum Gasteiger partial charge on any atom is -0.366 e. The van der Waals surface area contributed by atoms with Gasteiger partial charge in [0, 0.05) is 17.7 Å². The van der Waals surface area contributed by atoms with E-state index in [1.807, 2.05) is 19.9 Å². The van der Waals surface area contributed by atoms with Crippen LogP contribution in [0.25, 0.3) is 5.70 Å². The molecule has 0 spiro atoms. The van der Waals surface area contributed by atoms with Gasteiger partial charge in [-0.25, -0.2) is 10.2 Å². The summed E-state index contributed by atoms with van der Waals surface area (Å²) in [5.41, 5.74) is 6.28. The Labute approximate surface area is 119 Å². The molecule has 4 nitrogen and oxygen atoms in total. The predicted octanol–water partition coefficient (Wildman–Crippen LogP) is 2.51. The Morgan fingerprint density at radius 2 is 2.10 bits per heavy atom. The Hall–Kier alpha value is -1.88. The molecule has 1 aromatic carbocycles. The smallest absolute Gasteiger partial charge is 0.248 e. The van der Waals surface area contributed by atoms with Crippen LogP contribution >= 0.6 is 0 Å². The highest BCUT2D eigenvalue weighted by Gasteiger charge is 2.15. The van der Waals surface area contributed by atoms with E-state index in [0.29, 0.717) is 17.8 Å². The van der Waals surface area contributed by atoms with Gasteiger partial charge in [0.2, 0.25) is 5.91 Å². The largest absolute Gasteiger partial charge is 0.366 e. The number of halogens is 1.